The average Bonchev–Trinajstić information content (AvgIpc) is 2.58. The first-order chi connectivity index (χ1) is 11.6. The molecule has 0 aromatic heterocycles. The third-order valence-corrected chi connectivity index (χ3v) is 4.53. The maximum Gasteiger partial charge on any atom is 0.0724 e. The highest BCUT2D eigenvalue weighted by atomic mass is 32.1. The van der Waals surface area contributed by atoms with E-state index in [0.29, 0.717) is 0 Å². The maximum absolute atomic E-state index is 5.45. The molecule has 0 saturated heterocycles. The van der Waals surface area contributed by atoms with Crippen LogP contribution in [0.15, 0.2) is 29.5 Å². The van der Waals surface area contributed by atoms with Crippen LogP contribution in [0.3, 0.4) is 0 Å². The fourth-order valence-electron chi connectivity index (χ4n) is 2.71. The first kappa shape index (κ1) is 23.2. The Balaban J connectivity index is 4.61. The van der Waals surface area contributed by atoms with E-state index in [0.717, 1.165) is 38.8 Å². The summed E-state index contributed by atoms with van der Waals surface area (Å²) in [4.78, 5) is 4.33. The highest BCUT2D eigenvalue weighted by Gasteiger charge is 2.27. The summed E-state index contributed by atoms with van der Waals surface area (Å²) >= 11 is 4.11. The van der Waals surface area contributed by atoms with Crippen LogP contribution in [-0.2, 0) is 4.18 Å². The topological polar surface area (TPSA) is 59.6 Å². The van der Waals surface area contributed by atoms with Crippen molar-refractivity contribution in [2.75, 3.05) is 13.1 Å². The third-order valence-electron chi connectivity index (χ3n) is 4.23. The lowest BCUT2D eigenvalue weighted by atomic mass is 9.78. The summed E-state index contributed by atoms with van der Waals surface area (Å²) in [7, 11) is 0. The lowest BCUT2D eigenvalue weighted by Crippen LogP contribution is -2.29. The zero-order valence-corrected chi connectivity index (χ0v) is 16.6. The number of aliphatic imine (C=N–C) groups is 1. The van der Waals surface area contributed by atoms with Gasteiger partial charge in [0.1, 0.15) is 0 Å². The zero-order chi connectivity index (χ0) is 18.1. The number of nitrogens with one attached hydrogen (secondary N) is 1. The normalized spacial score (nSPS) is 16.3. The molecule has 0 heterocycles. The van der Waals surface area contributed by atoms with Gasteiger partial charge in [0, 0.05) is 19.0 Å². The lowest BCUT2D eigenvalue weighted by Gasteiger charge is -2.32. The molecule has 0 radical (unpaired) electrons. The second-order valence-corrected chi connectivity index (χ2v) is 6.85. The smallest absolute Gasteiger partial charge is 0.0724 e. The molecular formula is C19H37N3OS. The Morgan fingerprint density at radius 2 is 2.17 bits per heavy atom. The summed E-state index contributed by atoms with van der Waals surface area (Å²) in [6, 6.07) is 0. The Bertz CT molecular complexity index is 372. The van der Waals surface area contributed by atoms with Gasteiger partial charge in [-0.1, -0.05) is 45.3 Å². The van der Waals surface area contributed by atoms with Gasteiger partial charge < -0.3 is 15.2 Å². The molecule has 0 saturated carbocycles. The molecule has 0 bridgehead atoms. The van der Waals surface area contributed by atoms with Crippen LogP contribution < -0.4 is 11.1 Å². The van der Waals surface area contributed by atoms with Gasteiger partial charge in [0.25, 0.3) is 0 Å². The summed E-state index contributed by atoms with van der Waals surface area (Å²) < 4.78 is 5.45. The minimum absolute atomic E-state index is 0.143. The number of rotatable bonds is 15. The summed E-state index contributed by atoms with van der Waals surface area (Å²) in [5.41, 5.74) is 5.51. The fraction of sp³-hybridized carbons (Fsp3) is 0.737. The quantitative estimate of drug-likeness (QED) is 0.174. The van der Waals surface area contributed by atoms with E-state index in [-0.39, 0.29) is 11.5 Å². The molecule has 5 heteroatoms. The van der Waals surface area contributed by atoms with E-state index in [1.54, 1.807) is 6.20 Å². The summed E-state index contributed by atoms with van der Waals surface area (Å²) in [6.45, 7) is 8.27. The van der Waals surface area contributed by atoms with E-state index >= 15 is 0 Å². The molecule has 24 heavy (non-hydrogen) atoms. The third kappa shape index (κ3) is 12.6. The Kier molecular flexibility index (Phi) is 15.2. The summed E-state index contributed by atoms with van der Waals surface area (Å²) in [5.74, 6) is 0. The standard InChI is InChI=1S/C19H37N3OS/c1-4-6-7-9-18(23-24)17-19(3,10-15-21-13-5-2)11-16-22-14-8-12-20/h5,8,12-13,15,18,22,24H,4,6-7,9-11,14,16-17,20H2,1-3H3/b12-8+,13-5-,21-15?. The second kappa shape index (κ2) is 15.7. The minimum atomic E-state index is 0.143. The first-order valence-electron chi connectivity index (χ1n) is 9.12. The number of hydrogen-bond acceptors (Lipinski definition) is 5. The molecule has 2 unspecified atom stereocenters. The Labute approximate surface area is 154 Å². The Hall–Kier alpha value is -0.780. The van der Waals surface area contributed by atoms with Crippen molar-refractivity contribution >= 4 is 19.1 Å². The lowest BCUT2D eigenvalue weighted by molar-refractivity contribution is 0.137. The van der Waals surface area contributed by atoms with Crippen molar-refractivity contribution in [2.24, 2.45) is 16.1 Å². The highest BCUT2D eigenvalue weighted by Crippen LogP contribution is 2.33. The molecule has 0 amide bonds. The number of thiol groups is 1. The van der Waals surface area contributed by atoms with Gasteiger partial charge in [-0.25, -0.2) is 0 Å². The van der Waals surface area contributed by atoms with Crippen molar-refractivity contribution in [2.45, 2.75) is 71.8 Å². The van der Waals surface area contributed by atoms with Gasteiger partial charge in [-0.2, -0.15) is 0 Å². The van der Waals surface area contributed by atoms with Crippen molar-refractivity contribution in [3.05, 3.63) is 24.6 Å². The number of unbranched alkanes of at least 4 members (excludes halogenated alkanes) is 2. The second-order valence-electron chi connectivity index (χ2n) is 6.64. The van der Waals surface area contributed by atoms with Crippen molar-refractivity contribution in [1.29, 1.82) is 0 Å². The number of nitrogens with two attached hydrogens (primary N) is 1. The van der Waals surface area contributed by atoms with Gasteiger partial charge in [-0.3, -0.25) is 4.99 Å². The van der Waals surface area contributed by atoms with Crippen LogP contribution in [0.2, 0.25) is 0 Å². The van der Waals surface area contributed by atoms with E-state index in [2.05, 4.69) is 37.1 Å². The van der Waals surface area contributed by atoms with Crippen molar-refractivity contribution in [3.63, 3.8) is 0 Å². The van der Waals surface area contributed by atoms with Crippen molar-refractivity contribution in [3.8, 4) is 0 Å². The van der Waals surface area contributed by atoms with Gasteiger partial charge in [0.05, 0.1) is 6.10 Å². The predicted molar refractivity (Wildman–Crippen MR) is 109 cm³/mol. The number of nitrogens with zero attached hydrogens (tertiary/aromatic N) is 1. The first-order valence-corrected chi connectivity index (χ1v) is 9.49. The summed E-state index contributed by atoms with van der Waals surface area (Å²) in [6.07, 6.45) is 17.2. The van der Waals surface area contributed by atoms with Crippen LogP contribution in [-0.4, -0.2) is 25.4 Å². The largest absolute Gasteiger partial charge is 0.405 e. The monoisotopic (exact) mass is 355 g/mol. The van der Waals surface area contributed by atoms with Gasteiger partial charge >= 0.3 is 0 Å². The van der Waals surface area contributed by atoms with Crippen LogP contribution in [0.25, 0.3) is 0 Å². The maximum atomic E-state index is 5.45. The minimum Gasteiger partial charge on any atom is -0.405 e. The molecule has 0 rings (SSSR count). The molecule has 0 aromatic rings. The number of hydrogen-bond donors (Lipinski definition) is 3. The SMILES string of the molecule is C/C=C\N=CCC(C)(CCNC/C=C/N)CC(CCCCC)OS. The molecule has 140 valence electrons. The van der Waals surface area contributed by atoms with Gasteiger partial charge in [-0.15, -0.1) is 0 Å². The van der Waals surface area contributed by atoms with Crippen LogP contribution in [0.5, 0.6) is 0 Å². The van der Waals surface area contributed by atoms with Crippen molar-refractivity contribution < 1.29 is 4.18 Å². The molecule has 0 aliphatic carbocycles. The predicted octanol–water partition coefficient (Wildman–Crippen LogP) is 4.64. The molecule has 0 spiro atoms. The Morgan fingerprint density at radius 1 is 1.38 bits per heavy atom. The van der Waals surface area contributed by atoms with E-state index < -0.39 is 0 Å². The van der Waals surface area contributed by atoms with Crippen LogP contribution >= 0.6 is 12.9 Å². The van der Waals surface area contributed by atoms with Crippen LogP contribution in [0.1, 0.15) is 65.7 Å². The average molecular weight is 356 g/mol. The molecule has 0 aliphatic rings. The molecular weight excluding hydrogens is 318 g/mol. The van der Waals surface area contributed by atoms with Crippen LogP contribution in [0, 0.1) is 5.41 Å². The van der Waals surface area contributed by atoms with Crippen LogP contribution in [0.4, 0.5) is 0 Å². The molecule has 0 fully saturated rings. The molecule has 3 N–H and O–H groups in total. The highest BCUT2D eigenvalue weighted by molar-refractivity contribution is 7.75. The molecule has 4 nitrogen and oxygen atoms in total. The zero-order valence-electron chi connectivity index (χ0n) is 15.7. The summed E-state index contributed by atoms with van der Waals surface area (Å²) in [5, 5.41) is 3.40. The molecule has 0 aliphatic heterocycles. The van der Waals surface area contributed by atoms with Gasteiger partial charge in [0.15, 0.2) is 0 Å². The van der Waals surface area contributed by atoms with E-state index in [4.69, 9.17) is 9.92 Å². The Morgan fingerprint density at radius 3 is 2.79 bits per heavy atom. The van der Waals surface area contributed by atoms with Gasteiger partial charge in [-0.05, 0) is 63.7 Å². The van der Waals surface area contributed by atoms with Gasteiger partial charge in [0.2, 0.25) is 0 Å². The number of allylic oxidation sites excluding steroid dienone is 1. The molecule has 2 atom stereocenters. The molecule has 0 aromatic carbocycles. The van der Waals surface area contributed by atoms with E-state index in [1.807, 2.05) is 31.5 Å². The van der Waals surface area contributed by atoms with E-state index in [1.165, 1.54) is 19.3 Å². The van der Waals surface area contributed by atoms with Crippen molar-refractivity contribution in [1.82, 2.24) is 5.32 Å². The fourth-order valence-corrected chi connectivity index (χ4v) is 2.89. The van der Waals surface area contributed by atoms with E-state index in [9.17, 15) is 0 Å².